The van der Waals surface area contributed by atoms with Crippen molar-refractivity contribution in [3.63, 3.8) is 0 Å². The van der Waals surface area contributed by atoms with E-state index < -0.39 is 0 Å². The third-order valence-corrected chi connectivity index (χ3v) is 2.01. The van der Waals surface area contributed by atoms with E-state index in [1.54, 1.807) is 4.52 Å². The monoisotopic (exact) mass is 191 g/mol. The van der Waals surface area contributed by atoms with Crippen molar-refractivity contribution in [2.24, 2.45) is 0 Å². The molecule has 0 amide bonds. The third kappa shape index (κ3) is 1.37. The van der Waals surface area contributed by atoms with Crippen molar-refractivity contribution >= 4 is 17.3 Å². The summed E-state index contributed by atoms with van der Waals surface area (Å²) in [6.07, 6.45) is 1.88. The minimum absolute atomic E-state index is 0.307. The van der Waals surface area contributed by atoms with Crippen LogP contribution >= 0.6 is 0 Å². The fourth-order valence-electron chi connectivity index (χ4n) is 1.47. The van der Waals surface area contributed by atoms with Gasteiger partial charge in [-0.05, 0) is 25.5 Å². The molecule has 5 heteroatoms. The summed E-state index contributed by atoms with van der Waals surface area (Å²) in [5, 5.41) is 7.28. The zero-order valence-corrected chi connectivity index (χ0v) is 8.28. The fraction of sp³-hybridized carbons (Fsp3) is 0.333. The Balaban J connectivity index is 2.59. The van der Waals surface area contributed by atoms with E-state index in [1.165, 1.54) is 0 Å². The number of nitrogens with one attached hydrogen (secondary N) is 1. The van der Waals surface area contributed by atoms with Crippen LogP contribution < -0.4 is 11.1 Å². The van der Waals surface area contributed by atoms with Crippen LogP contribution in [0.1, 0.15) is 12.5 Å². The van der Waals surface area contributed by atoms with Gasteiger partial charge in [0.05, 0.1) is 11.9 Å². The zero-order chi connectivity index (χ0) is 10.1. The lowest BCUT2D eigenvalue weighted by atomic mass is 10.3. The van der Waals surface area contributed by atoms with E-state index >= 15 is 0 Å². The summed E-state index contributed by atoms with van der Waals surface area (Å²) in [4.78, 5) is 4.12. The second-order valence-corrected chi connectivity index (χ2v) is 3.18. The van der Waals surface area contributed by atoms with E-state index in [9.17, 15) is 0 Å². The Morgan fingerprint density at radius 2 is 2.36 bits per heavy atom. The quantitative estimate of drug-likeness (QED) is 0.744. The Labute approximate surface area is 81.9 Å². The van der Waals surface area contributed by atoms with Gasteiger partial charge in [0.25, 0.3) is 0 Å². The summed E-state index contributed by atoms with van der Waals surface area (Å²) in [6, 6.07) is 2.03. The van der Waals surface area contributed by atoms with Crippen LogP contribution in [0.5, 0.6) is 0 Å². The number of nitrogens with two attached hydrogens (primary N) is 1. The number of aryl methyl sites for hydroxylation is 1. The van der Waals surface area contributed by atoms with Crippen molar-refractivity contribution in [3.8, 4) is 0 Å². The molecule has 0 radical (unpaired) electrons. The van der Waals surface area contributed by atoms with Crippen LogP contribution in [0.25, 0.3) is 5.65 Å². The Bertz CT molecular complexity index is 459. The van der Waals surface area contributed by atoms with Crippen molar-refractivity contribution in [1.82, 2.24) is 14.6 Å². The van der Waals surface area contributed by atoms with Crippen molar-refractivity contribution in [2.45, 2.75) is 13.8 Å². The van der Waals surface area contributed by atoms with Gasteiger partial charge in [-0.25, -0.2) is 4.52 Å². The minimum Gasteiger partial charge on any atom is -0.384 e. The summed E-state index contributed by atoms with van der Waals surface area (Å²) in [7, 11) is 0. The molecule has 0 fully saturated rings. The van der Waals surface area contributed by atoms with Gasteiger partial charge < -0.3 is 11.1 Å². The lowest BCUT2D eigenvalue weighted by Crippen LogP contribution is -2.00. The smallest absolute Gasteiger partial charge is 0.240 e. The average molecular weight is 191 g/mol. The second-order valence-electron chi connectivity index (χ2n) is 3.18. The first-order chi connectivity index (χ1) is 6.70. The number of fused-ring (bicyclic) bond motifs is 1. The number of nitrogens with zero attached hydrogens (tertiary/aromatic N) is 3. The maximum absolute atomic E-state index is 5.52. The zero-order valence-electron chi connectivity index (χ0n) is 8.28. The van der Waals surface area contributed by atoms with E-state index in [-0.39, 0.29) is 0 Å². The molecule has 0 spiro atoms. The largest absolute Gasteiger partial charge is 0.384 e. The molecule has 2 heterocycles. The van der Waals surface area contributed by atoms with Gasteiger partial charge in [0.1, 0.15) is 0 Å². The first kappa shape index (κ1) is 8.80. The molecule has 2 aromatic rings. The van der Waals surface area contributed by atoms with Crippen molar-refractivity contribution in [1.29, 1.82) is 0 Å². The molecule has 14 heavy (non-hydrogen) atoms. The van der Waals surface area contributed by atoms with Crippen molar-refractivity contribution in [3.05, 3.63) is 17.8 Å². The molecule has 5 nitrogen and oxygen atoms in total. The SMILES string of the molecule is CCNc1cc(C)c2nc(N)nn2c1. The third-order valence-electron chi connectivity index (χ3n) is 2.01. The Kier molecular flexibility index (Phi) is 1.99. The predicted molar refractivity (Wildman–Crippen MR) is 56.3 cm³/mol. The maximum Gasteiger partial charge on any atom is 0.240 e. The van der Waals surface area contributed by atoms with Crippen LogP contribution in [0.15, 0.2) is 12.3 Å². The number of nitrogen functional groups attached to an aromatic ring is 1. The fourth-order valence-corrected chi connectivity index (χ4v) is 1.47. The van der Waals surface area contributed by atoms with Gasteiger partial charge in [-0.1, -0.05) is 0 Å². The van der Waals surface area contributed by atoms with Crippen molar-refractivity contribution < 1.29 is 0 Å². The van der Waals surface area contributed by atoms with Crippen LogP contribution in [0.2, 0.25) is 0 Å². The molecule has 2 aromatic heterocycles. The van der Waals surface area contributed by atoms with Gasteiger partial charge in [0.15, 0.2) is 5.65 Å². The van der Waals surface area contributed by atoms with E-state index in [0.717, 1.165) is 23.4 Å². The standard InChI is InChI=1S/C9H13N5/c1-3-11-7-4-6(2)8-12-9(10)13-14(8)5-7/h4-5,11H,3H2,1-2H3,(H2,10,13). The van der Waals surface area contributed by atoms with Crippen LogP contribution in [0.3, 0.4) is 0 Å². The van der Waals surface area contributed by atoms with Gasteiger partial charge in [-0.3, -0.25) is 0 Å². The number of aromatic nitrogens is 3. The molecule has 2 rings (SSSR count). The summed E-state index contributed by atoms with van der Waals surface area (Å²) in [6.45, 7) is 4.93. The molecular weight excluding hydrogens is 178 g/mol. The molecule has 0 bridgehead atoms. The number of hydrogen-bond acceptors (Lipinski definition) is 4. The highest BCUT2D eigenvalue weighted by Crippen LogP contribution is 2.15. The number of pyridine rings is 1. The summed E-state index contributed by atoms with van der Waals surface area (Å²) < 4.78 is 1.70. The van der Waals surface area contributed by atoms with Gasteiger partial charge >= 0.3 is 0 Å². The Morgan fingerprint density at radius 1 is 1.57 bits per heavy atom. The molecule has 0 aliphatic heterocycles. The summed E-state index contributed by atoms with van der Waals surface area (Å²) in [5.74, 6) is 0.307. The molecule has 0 saturated carbocycles. The molecule has 74 valence electrons. The predicted octanol–water partition coefficient (Wildman–Crippen LogP) is 1.05. The van der Waals surface area contributed by atoms with Crippen LogP contribution in [0, 0.1) is 6.92 Å². The summed E-state index contributed by atoms with van der Waals surface area (Å²) in [5.41, 5.74) is 8.42. The number of rotatable bonds is 2. The first-order valence-corrected chi connectivity index (χ1v) is 4.57. The van der Waals surface area contributed by atoms with Gasteiger partial charge in [0, 0.05) is 6.54 Å². The van der Waals surface area contributed by atoms with Crippen LogP contribution in [0.4, 0.5) is 11.6 Å². The van der Waals surface area contributed by atoms with E-state index in [1.807, 2.05) is 19.2 Å². The van der Waals surface area contributed by atoms with Crippen LogP contribution in [-0.2, 0) is 0 Å². The molecule has 0 unspecified atom stereocenters. The number of anilines is 2. The second kappa shape index (κ2) is 3.17. The molecule has 3 N–H and O–H groups in total. The van der Waals surface area contributed by atoms with Gasteiger partial charge in [-0.15, -0.1) is 5.10 Å². The Hall–Kier alpha value is -1.78. The lowest BCUT2D eigenvalue weighted by molar-refractivity contribution is 0.960. The molecule has 0 atom stereocenters. The normalized spacial score (nSPS) is 10.7. The highest BCUT2D eigenvalue weighted by molar-refractivity contribution is 5.56. The van der Waals surface area contributed by atoms with E-state index in [2.05, 4.69) is 22.3 Å². The minimum atomic E-state index is 0.307. The lowest BCUT2D eigenvalue weighted by Gasteiger charge is -2.04. The molecule has 0 aliphatic carbocycles. The van der Waals surface area contributed by atoms with Crippen LogP contribution in [-0.4, -0.2) is 21.1 Å². The number of hydrogen-bond donors (Lipinski definition) is 2. The van der Waals surface area contributed by atoms with Gasteiger partial charge in [-0.2, -0.15) is 4.98 Å². The van der Waals surface area contributed by atoms with E-state index in [4.69, 9.17) is 5.73 Å². The Morgan fingerprint density at radius 3 is 3.07 bits per heavy atom. The summed E-state index contributed by atoms with van der Waals surface area (Å²) >= 11 is 0. The van der Waals surface area contributed by atoms with E-state index in [0.29, 0.717) is 5.95 Å². The molecule has 0 saturated heterocycles. The topological polar surface area (TPSA) is 68.2 Å². The molecule has 0 aliphatic rings. The maximum atomic E-state index is 5.52. The van der Waals surface area contributed by atoms with Gasteiger partial charge in [0.2, 0.25) is 5.95 Å². The highest BCUT2D eigenvalue weighted by Gasteiger charge is 2.04. The molecular formula is C9H13N5. The average Bonchev–Trinajstić information content (AvgIpc) is 2.47. The highest BCUT2D eigenvalue weighted by atomic mass is 15.3. The van der Waals surface area contributed by atoms with Crippen molar-refractivity contribution in [2.75, 3.05) is 17.6 Å². The first-order valence-electron chi connectivity index (χ1n) is 4.57. The molecule has 0 aromatic carbocycles.